The van der Waals surface area contributed by atoms with Crippen LogP contribution in [-0.2, 0) is 4.79 Å². The molecule has 0 saturated carbocycles. The van der Waals surface area contributed by atoms with Crippen molar-refractivity contribution in [1.82, 2.24) is 15.8 Å². The smallest absolute Gasteiger partial charge is 0.240 e. The van der Waals surface area contributed by atoms with E-state index >= 15 is 0 Å². The van der Waals surface area contributed by atoms with Gasteiger partial charge in [-0.15, -0.1) is 0 Å². The molecule has 0 aromatic heterocycles. The molecule has 1 amide bonds. The molecule has 4 heteroatoms. The molecule has 116 valence electrons. The van der Waals surface area contributed by atoms with E-state index in [2.05, 4.69) is 43.4 Å². The average Bonchev–Trinajstić information content (AvgIpc) is 2.43. The molecule has 0 spiro atoms. The summed E-state index contributed by atoms with van der Waals surface area (Å²) in [7, 11) is 0. The first-order valence-corrected chi connectivity index (χ1v) is 8.23. The number of piperidine rings is 2. The summed E-state index contributed by atoms with van der Waals surface area (Å²) in [6.45, 7) is 10.7. The fourth-order valence-corrected chi connectivity index (χ4v) is 3.56. The summed E-state index contributed by atoms with van der Waals surface area (Å²) in [5.41, 5.74) is 2.92. The Bertz CT molecular complexity index is 327. The fraction of sp³-hybridized carbons (Fsp3) is 0.938. The fourth-order valence-electron chi connectivity index (χ4n) is 3.56. The van der Waals surface area contributed by atoms with E-state index in [1.807, 2.05) is 0 Å². The van der Waals surface area contributed by atoms with E-state index in [4.69, 9.17) is 0 Å². The molecule has 0 bridgehead atoms. The van der Waals surface area contributed by atoms with Crippen LogP contribution in [0.5, 0.6) is 0 Å². The number of rotatable bonds is 3. The van der Waals surface area contributed by atoms with Gasteiger partial charge in [0, 0.05) is 17.5 Å². The van der Waals surface area contributed by atoms with Crippen LogP contribution in [0.4, 0.5) is 0 Å². The highest BCUT2D eigenvalue weighted by molar-refractivity contribution is 5.81. The third-order valence-electron chi connectivity index (χ3n) is 5.33. The molecule has 0 aromatic carbocycles. The number of amides is 1. The zero-order valence-electron chi connectivity index (χ0n) is 13.5. The third kappa shape index (κ3) is 3.34. The molecule has 4 nitrogen and oxygen atoms in total. The van der Waals surface area contributed by atoms with E-state index in [1.54, 1.807) is 0 Å². The first-order chi connectivity index (χ1) is 9.43. The van der Waals surface area contributed by atoms with Crippen molar-refractivity contribution in [3.63, 3.8) is 0 Å². The molecule has 0 radical (unpaired) electrons. The van der Waals surface area contributed by atoms with Crippen molar-refractivity contribution in [2.45, 2.75) is 71.9 Å². The first-order valence-electron chi connectivity index (χ1n) is 8.23. The minimum absolute atomic E-state index is 0.187. The van der Waals surface area contributed by atoms with Gasteiger partial charge in [0.05, 0.1) is 0 Å². The zero-order chi connectivity index (χ0) is 14.8. The molecule has 2 saturated heterocycles. The van der Waals surface area contributed by atoms with E-state index in [0.717, 1.165) is 19.5 Å². The van der Waals surface area contributed by atoms with Crippen LogP contribution in [0, 0.1) is 11.3 Å². The van der Waals surface area contributed by atoms with Crippen LogP contribution in [0.25, 0.3) is 0 Å². The number of nitrogens with zero attached hydrogens (tertiary/aromatic N) is 1. The van der Waals surface area contributed by atoms with Gasteiger partial charge in [-0.3, -0.25) is 10.2 Å². The lowest BCUT2D eigenvalue weighted by atomic mass is 9.74. The molecule has 2 aliphatic rings. The molecule has 20 heavy (non-hydrogen) atoms. The summed E-state index contributed by atoms with van der Waals surface area (Å²) >= 11 is 0. The Morgan fingerprint density at radius 1 is 1.15 bits per heavy atom. The molecule has 0 aliphatic carbocycles. The van der Waals surface area contributed by atoms with E-state index in [1.165, 1.54) is 25.7 Å². The lowest BCUT2D eigenvalue weighted by Crippen LogP contribution is -2.58. The van der Waals surface area contributed by atoms with Crippen LogP contribution in [0.3, 0.4) is 0 Å². The second kappa shape index (κ2) is 6.44. The summed E-state index contributed by atoms with van der Waals surface area (Å²) in [6.07, 6.45) is 5.95. The molecular weight excluding hydrogens is 250 g/mol. The zero-order valence-corrected chi connectivity index (χ0v) is 13.5. The number of carbonyl (C=O) groups is 1. The van der Waals surface area contributed by atoms with Gasteiger partial charge in [0.25, 0.3) is 0 Å². The summed E-state index contributed by atoms with van der Waals surface area (Å²) < 4.78 is 0. The van der Waals surface area contributed by atoms with Gasteiger partial charge in [-0.1, -0.05) is 20.3 Å². The second-order valence-corrected chi connectivity index (χ2v) is 7.24. The van der Waals surface area contributed by atoms with E-state index in [9.17, 15) is 4.79 Å². The quantitative estimate of drug-likeness (QED) is 0.834. The van der Waals surface area contributed by atoms with Crippen molar-refractivity contribution < 1.29 is 4.79 Å². The molecule has 3 atom stereocenters. The van der Waals surface area contributed by atoms with Gasteiger partial charge in [0.2, 0.25) is 5.91 Å². The number of nitrogens with one attached hydrogen (secondary N) is 2. The van der Waals surface area contributed by atoms with Gasteiger partial charge in [-0.05, 0) is 58.5 Å². The van der Waals surface area contributed by atoms with Crippen molar-refractivity contribution in [2.24, 2.45) is 11.3 Å². The Balaban J connectivity index is 1.98. The highest BCUT2D eigenvalue weighted by Crippen LogP contribution is 2.32. The Morgan fingerprint density at radius 3 is 2.35 bits per heavy atom. The highest BCUT2D eigenvalue weighted by Gasteiger charge is 2.39. The summed E-state index contributed by atoms with van der Waals surface area (Å²) in [5, 5.41) is 5.61. The lowest BCUT2D eigenvalue weighted by molar-refractivity contribution is -0.141. The SMILES string of the molecule is CC1CCCC(C)N1NC(=O)C(C)(C)C1CCCNC1. The minimum Gasteiger partial charge on any atom is -0.316 e. The van der Waals surface area contributed by atoms with Gasteiger partial charge in [0.15, 0.2) is 0 Å². The van der Waals surface area contributed by atoms with Gasteiger partial charge in [0.1, 0.15) is 0 Å². The molecule has 2 aliphatic heterocycles. The number of carbonyl (C=O) groups excluding carboxylic acids is 1. The largest absolute Gasteiger partial charge is 0.316 e. The second-order valence-electron chi connectivity index (χ2n) is 7.24. The molecular formula is C16H31N3O. The maximum atomic E-state index is 12.7. The van der Waals surface area contributed by atoms with Gasteiger partial charge in [-0.2, -0.15) is 0 Å². The van der Waals surface area contributed by atoms with Crippen molar-refractivity contribution >= 4 is 5.91 Å². The van der Waals surface area contributed by atoms with Crippen molar-refractivity contribution in [1.29, 1.82) is 0 Å². The standard InChI is InChI=1S/C16H31N3O/c1-12-7-5-8-13(2)19(12)18-15(20)16(3,4)14-9-6-10-17-11-14/h12-14,17H,5-11H2,1-4H3,(H,18,20). The van der Waals surface area contributed by atoms with Crippen molar-refractivity contribution in [3.8, 4) is 0 Å². The molecule has 2 rings (SSSR count). The number of hydrazine groups is 1. The number of hydrogen-bond acceptors (Lipinski definition) is 3. The molecule has 2 fully saturated rings. The van der Waals surface area contributed by atoms with Gasteiger partial charge >= 0.3 is 0 Å². The van der Waals surface area contributed by atoms with Crippen LogP contribution in [0.1, 0.15) is 59.8 Å². The first kappa shape index (κ1) is 15.8. The maximum absolute atomic E-state index is 12.7. The Labute approximate surface area is 123 Å². The number of hydrogen-bond donors (Lipinski definition) is 2. The van der Waals surface area contributed by atoms with Crippen LogP contribution < -0.4 is 10.7 Å². The third-order valence-corrected chi connectivity index (χ3v) is 5.33. The topological polar surface area (TPSA) is 44.4 Å². The summed E-state index contributed by atoms with van der Waals surface area (Å²) in [4.78, 5) is 12.7. The van der Waals surface area contributed by atoms with Gasteiger partial charge in [-0.25, -0.2) is 5.01 Å². The van der Waals surface area contributed by atoms with Gasteiger partial charge < -0.3 is 5.32 Å². The predicted octanol–water partition coefficient (Wildman–Crippen LogP) is 2.31. The Morgan fingerprint density at radius 2 is 1.80 bits per heavy atom. The van der Waals surface area contributed by atoms with E-state index < -0.39 is 0 Å². The van der Waals surface area contributed by atoms with Crippen LogP contribution in [-0.4, -0.2) is 36.1 Å². The summed E-state index contributed by atoms with van der Waals surface area (Å²) in [5.74, 6) is 0.624. The lowest BCUT2D eigenvalue weighted by Gasteiger charge is -2.42. The van der Waals surface area contributed by atoms with E-state index in [-0.39, 0.29) is 11.3 Å². The predicted molar refractivity (Wildman–Crippen MR) is 82.1 cm³/mol. The maximum Gasteiger partial charge on any atom is 0.240 e. The van der Waals surface area contributed by atoms with E-state index in [0.29, 0.717) is 18.0 Å². The summed E-state index contributed by atoms with van der Waals surface area (Å²) in [6, 6.07) is 0.894. The Hall–Kier alpha value is -0.610. The average molecular weight is 281 g/mol. The van der Waals surface area contributed by atoms with Crippen molar-refractivity contribution in [3.05, 3.63) is 0 Å². The van der Waals surface area contributed by atoms with Crippen LogP contribution in [0.2, 0.25) is 0 Å². The molecule has 2 N–H and O–H groups in total. The van der Waals surface area contributed by atoms with Crippen molar-refractivity contribution in [2.75, 3.05) is 13.1 Å². The highest BCUT2D eigenvalue weighted by atomic mass is 16.2. The van der Waals surface area contributed by atoms with Crippen LogP contribution >= 0.6 is 0 Å². The monoisotopic (exact) mass is 281 g/mol. The molecule has 0 aromatic rings. The minimum atomic E-state index is -0.301. The molecule has 2 heterocycles. The Kier molecular flexibility index (Phi) is 5.08. The van der Waals surface area contributed by atoms with Crippen LogP contribution in [0.15, 0.2) is 0 Å². The molecule has 3 unspecified atom stereocenters. The normalized spacial score (nSPS) is 32.9.